The first-order valence-electron chi connectivity index (χ1n) is 8.37. The number of rotatable bonds is 4. The minimum atomic E-state index is -4.75. The van der Waals surface area contributed by atoms with Crippen LogP contribution in [0.3, 0.4) is 0 Å². The predicted molar refractivity (Wildman–Crippen MR) is 102 cm³/mol. The topological polar surface area (TPSA) is 90.3 Å². The second-order valence-corrected chi connectivity index (χ2v) is 6.57. The second kappa shape index (κ2) is 8.15. The lowest BCUT2D eigenvalue weighted by Gasteiger charge is -2.14. The van der Waals surface area contributed by atoms with E-state index in [4.69, 9.17) is 16.3 Å². The van der Waals surface area contributed by atoms with Crippen LogP contribution in [0.25, 0.3) is 10.8 Å². The van der Waals surface area contributed by atoms with Crippen LogP contribution in [0, 0.1) is 0 Å². The van der Waals surface area contributed by atoms with Crippen LogP contribution >= 0.6 is 11.6 Å². The summed E-state index contributed by atoms with van der Waals surface area (Å²) in [4.78, 5) is 36.5. The van der Waals surface area contributed by atoms with E-state index in [0.717, 1.165) is 10.7 Å². The number of fused-ring (bicyclic) bond motifs is 1. The Morgan fingerprint density at radius 2 is 1.83 bits per heavy atom. The van der Waals surface area contributed by atoms with Gasteiger partial charge in [0.2, 0.25) is 0 Å². The minimum absolute atomic E-state index is 0.153. The van der Waals surface area contributed by atoms with Gasteiger partial charge in [0, 0.05) is 17.5 Å². The highest BCUT2D eigenvalue weighted by atomic mass is 35.5. The number of halogens is 4. The summed E-state index contributed by atoms with van der Waals surface area (Å²) in [6, 6.07) is 9.03. The molecule has 7 nitrogen and oxygen atoms in total. The standard InChI is InChI=1S/C19H13ClF3N3O4/c1-26-17(28)12-5-3-2-4-11(12)16(25-26)18(29)30-9-15(27)24-14-7-6-10(20)8-13(14)19(21,22)23/h2-8H,9H2,1H3,(H,24,27). The molecule has 1 amide bonds. The van der Waals surface area contributed by atoms with Crippen molar-refractivity contribution < 1.29 is 27.5 Å². The third-order valence-electron chi connectivity index (χ3n) is 4.05. The number of ether oxygens (including phenoxy) is 1. The first-order valence-corrected chi connectivity index (χ1v) is 8.75. The molecule has 2 aromatic carbocycles. The number of aromatic nitrogens is 2. The number of hydrogen-bond acceptors (Lipinski definition) is 5. The molecule has 1 aromatic heterocycles. The molecule has 11 heteroatoms. The van der Waals surface area contributed by atoms with E-state index in [1.807, 2.05) is 5.32 Å². The monoisotopic (exact) mass is 439 g/mol. The van der Waals surface area contributed by atoms with Crippen LogP contribution in [-0.4, -0.2) is 28.3 Å². The van der Waals surface area contributed by atoms with Gasteiger partial charge < -0.3 is 10.1 Å². The van der Waals surface area contributed by atoms with E-state index < -0.39 is 41.5 Å². The number of benzene rings is 2. The number of amides is 1. The maximum Gasteiger partial charge on any atom is 0.418 e. The lowest BCUT2D eigenvalue weighted by atomic mass is 10.1. The third kappa shape index (κ3) is 4.43. The van der Waals surface area contributed by atoms with Gasteiger partial charge in [-0.05, 0) is 24.3 Å². The molecule has 3 aromatic rings. The maximum atomic E-state index is 13.1. The minimum Gasteiger partial charge on any atom is -0.451 e. The van der Waals surface area contributed by atoms with Gasteiger partial charge in [-0.3, -0.25) is 9.59 Å². The van der Waals surface area contributed by atoms with E-state index in [2.05, 4.69) is 5.10 Å². The molecule has 3 rings (SSSR count). The number of nitrogens with one attached hydrogen (secondary N) is 1. The smallest absolute Gasteiger partial charge is 0.418 e. The average Bonchev–Trinajstić information content (AvgIpc) is 2.69. The normalized spacial score (nSPS) is 11.4. The Balaban J connectivity index is 1.77. The first-order chi connectivity index (χ1) is 14.1. The summed E-state index contributed by atoms with van der Waals surface area (Å²) < 4.78 is 45.1. The lowest BCUT2D eigenvalue weighted by Crippen LogP contribution is -2.26. The Morgan fingerprint density at radius 1 is 1.17 bits per heavy atom. The summed E-state index contributed by atoms with van der Waals surface area (Å²) in [5, 5.41) is 6.19. The Bertz CT molecular complexity index is 1210. The Morgan fingerprint density at radius 3 is 2.50 bits per heavy atom. The molecule has 0 aliphatic rings. The van der Waals surface area contributed by atoms with E-state index in [1.165, 1.54) is 25.2 Å². The van der Waals surface area contributed by atoms with Crippen molar-refractivity contribution >= 4 is 39.9 Å². The number of carbonyl (C=O) groups is 2. The molecule has 0 saturated heterocycles. The zero-order valence-corrected chi connectivity index (χ0v) is 16.0. The van der Waals surface area contributed by atoms with Gasteiger partial charge in [0.15, 0.2) is 12.3 Å². The molecule has 0 fully saturated rings. The summed E-state index contributed by atoms with van der Waals surface area (Å²) in [6.07, 6.45) is -4.75. The molecule has 0 spiro atoms. The van der Waals surface area contributed by atoms with Crippen LogP contribution in [-0.2, 0) is 22.8 Å². The molecule has 1 N–H and O–H groups in total. The van der Waals surface area contributed by atoms with E-state index in [-0.39, 0.29) is 21.5 Å². The summed E-state index contributed by atoms with van der Waals surface area (Å²) in [5.74, 6) is -2.01. The van der Waals surface area contributed by atoms with E-state index >= 15 is 0 Å². The van der Waals surface area contributed by atoms with Crippen molar-refractivity contribution in [1.29, 1.82) is 0 Å². The molecule has 0 unspecified atom stereocenters. The van der Waals surface area contributed by atoms with Gasteiger partial charge in [-0.25, -0.2) is 9.48 Å². The number of nitrogens with zero attached hydrogens (tertiary/aromatic N) is 2. The van der Waals surface area contributed by atoms with Crippen LogP contribution in [0.4, 0.5) is 18.9 Å². The predicted octanol–water partition coefficient (Wildman–Crippen LogP) is 3.40. The van der Waals surface area contributed by atoms with Gasteiger partial charge in [-0.15, -0.1) is 0 Å². The van der Waals surface area contributed by atoms with Crippen molar-refractivity contribution in [1.82, 2.24) is 9.78 Å². The molecule has 30 heavy (non-hydrogen) atoms. The maximum absolute atomic E-state index is 13.1. The van der Waals surface area contributed by atoms with Crippen LogP contribution < -0.4 is 10.9 Å². The average molecular weight is 440 g/mol. The van der Waals surface area contributed by atoms with Gasteiger partial charge in [-0.1, -0.05) is 29.8 Å². The van der Waals surface area contributed by atoms with Crippen molar-refractivity contribution in [3.05, 3.63) is 69.1 Å². The summed E-state index contributed by atoms with van der Waals surface area (Å²) in [6.45, 7) is -0.863. The van der Waals surface area contributed by atoms with Gasteiger partial charge >= 0.3 is 12.1 Å². The first kappa shape index (κ1) is 21.3. The fourth-order valence-electron chi connectivity index (χ4n) is 2.70. The third-order valence-corrected chi connectivity index (χ3v) is 4.28. The highest BCUT2D eigenvalue weighted by molar-refractivity contribution is 6.30. The van der Waals surface area contributed by atoms with Crippen molar-refractivity contribution in [2.24, 2.45) is 7.05 Å². The zero-order chi connectivity index (χ0) is 22.1. The molecular weight excluding hydrogens is 427 g/mol. The van der Waals surface area contributed by atoms with Gasteiger partial charge in [0.05, 0.1) is 16.6 Å². The van der Waals surface area contributed by atoms with E-state index in [0.29, 0.717) is 6.07 Å². The van der Waals surface area contributed by atoms with Crippen molar-refractivity contribution in [2.75, 3.05) is 11.9 Å². The Hall–Kier alpha value is -3.40. The Labute approximate surface area is 172 Å². The van der Waals surface area contributed by atoms with Crippen molar-refractivity contribution in [3.8, 4) is 0 Å². The lowest BCUT2D eigenvalue weighted by molar-refractivity contribution is -0.137. The van der Waals surface area contributed by atoms with Crippen molar-refractivity contribution in [2.45, 2.75) is 6.18 Å². The molecule has 0 bridgehead atoms. The van der Waals surface area contributed by atoms with Gasteiger partial charge in [0.25, 0.3) is 11.5 Å². The molecule has 0 radical (unpaired) electrons. The van der Waals surface area contributed by atoms with Crippen LogP contribution in [0.5, 0.6) is 0 Å². The number of carbonyl (C=O) groups excluding carboxylic acids is 2. The molecule has 0 aliphatic heterocycles. The molecular formula is C19H13ClF3N3O4. The number of hydrogen-bond donors (Lipinski definition) is 1. The van der Waals surface area contributed by atoms with Gasteiger partial charge in [0.1, 0.15) is 0 Å². The quantitative estimate of drug-likeness (QED) is 0.629. The second-order valence-electron chi connectivity index (χ2n) is 6.13. The van der Waals surface area contributed by atoms with E-state index in [1.54, 1.807) is 12.1 Å². The fraction of sp³-hybridized carbons (Fsp3) is 0.158. The highest BCUT2D eigenvalue weighted by Gasteiger charge is 2.34. The fourth-order valence-corrected chi connectivity index (χ4v) is 2.87. The largest absolute Gasteiger partial charge is 0.451 e. The number of esters is 1. The molecule has 0 atom stereocenters. The number of aryl methyl sites for hydroxylation is 1. The van der Waals surface area contributed by atoms with Crippen LogP contribution in [0.2, 0.25) is 5.02 Å². The molecule has 0 saturated carbocycles. The highest BCUT2D eigenvalue weighted by Crippen LogP contribution is 2.36. The summed E-state index contributed by atoms with van der Waals surface area (Å²) in [7, 11) is 1.34. The number of anilines is 1. The van der Waals surface area contributed by atoms with Gasteiger partial charge in [-0.2, -0.15) is 18.3 Å². The summed E-state index contributed by atoms with van der Waals surface area (Å²) in [5.41, 5.74) is -2.30. The van der Waals surface area contributed by atoms with Crippen molar-refractivity contribution in [3.63, 3.8) is 0 Å². The molecule has 156 valence electrons. The van der Waals surface area contributed by atoms with Crippen LogP contribution in [0.15, 0.2) is 47.3 Å². The molecule has 0 aliphatic carbocycles. The molecule has 1 heterocycles. The zero-order valence-electron chi connectivity index (χ0n) is 15.3. The SMILES string of the molecule is Cn1nc(C(=O)OCC(=O)Nc2ccc(Cl)cc2C(F)(F)F)c2ccccc2c1=O. The Kier molecular flexibility index (Phi) is 5.79. The summed E-state index contributed by atoms with van der Waals surface area (Å²) >= 11 is 5.59. The van der Waals surface area contributed by atoms with E-state index in [9.17, 15) is 27.6 Å². The number of alkyl halides is 3. The van der Waals surface area contributed by atoms with Crippen LogP contribution in [0.1, 0.15) is 16.1 Å².